The van der Waals surface area contributed by atoms with Crippen LogP contribution in [0.3, 0.4) is 0 Å². The van der Waals surface area contributed by atoms with E-state index in [1.54, 1.807) is 30.3 Å². The smallest absolute Gasteiger partial charge is 0.330 e. The first-order valence-corrected chi connectivity index (χ1v) is 7.75. The molecular formula is C13H16N2O4S. The summed E-state index contributed by atoms with van der Waals surface area (Å²) in [6.07, 6.45) is 0. The van der Waals surface area contributed by atoms with Gasteiger partial charge in [0.1, 0.15) is 0 Å². The first-order chi connectivity index (χ1) is 9.58. The normalized spacial score (nSPS) is 17.5. The largest absolute Gasteiger partial charge is 0.479 e. The van der Waals surface area contributed by atoms with Crippen molar-refractivity contribution in [1.29, 1.82) is 0 Å². The molecule has 1 aromatic carbocycles. The van der Waals surface area contributed by atoms with Gasteiger partial charge in [-0.05, 0) is 5.56 Å². The van der Waals surface area contributed by atoms with Crippen LogP contribution < -0.4 is 5.32 Å². The third-order valence-electron chi connectivity index (χ3n) is 3.11. The fourth-order valence-corrected chi connectivity index (χ4v) is 3.04. The van der Waals surface area contributed by atoms with Crippen LogP contribution in [0.5, 0.6) is 0 Å². The van der Waals surface area contributed by atoms with Crippen LogP contribution >= 0.6 is 0 Å². The summed E-state index contributed by atoms with van der Waals surface area (Å²) in [4.78, 5) is 24.8. The van der Waals surface area contributed by atoms with Gasteiger partial charge in [-0.25, -0.2) is 9.59 Å². The van der Waals surface area contributed by atoms with Gasteiger partial charge < -0.3 is 15.3 Å². The Morgan fingerprint density at radius 1 is 1.20 bits per heavy atom. The van der Waals surface area contributed by atoms with Gasteiger partial charge in [0, 0.05) is 35.4 Å². The molecule has 0 spiro atoms. The van der Waals surface area contributed by atoms with Gasteiger partial charge in [-0.15, -0.1) is 0 Å². The second-order valence-corrected chi connectivity index (χ2v) is 6.16. The summed E-state index contributed by atoms with van der Waals surface area (Å²) in [6, 6.07) is 7.04. The van der Waals surface area contributed by atoms with Crippen molar-refractivity contribution in [3.8, 4) is 0 Å². The average molecular weight is 296 g/mol. The molecule has 1 atom stereocenters. The molecule has 1 aliphatic rings. The van der Waals surface area contributed by atoms with E-state index >= 15 is 0 Å². The number of urea groups is 1. The molecule has 1 heterocycles. The second kappa shape index (κ2) is 6.51. The molecule has 6 nitrogen and oxygen atoms in total. The monoisotopic (exact) mass is 296 g/mol. The number of nitrogens with one attached hydrogen (secondary N) is 1. The van der Waals surface area contributed by atoms with Crippen LogP contribution in [0.1, 0.15) is 11.6 Å². The molecule has 1 aromatic rings. The Morgan fingerprint density at radius 3 is 2.35 bits per heavy atom. The Labute approximate surface area is 119 Å². The van der Waals surface area contributed by atoms with Gasteiger partial charge in [-0.3, -0.25) is 4.21 Å². The molecule has 0 unspecified atom stereocenters. The minimum atomic E-state index is -1.11. The molecule has 2 N–H and O–H groups in total. The lowest BCUT2D eigenvalue weighted by Crippen LogP contribution is -2.48. The maximum absolute atomic E-state index is 12.0. The SMILES string of the molecule is O=C(O)[C@H](NC(=O)N1CCS(=O)CC1)c1ccccc1. The number of carbonyl (C=O) groups excluding carboxylic acids is 1. The Bertz CT molecular complexity index is 510. The summed E-state index contributed by atoms with van der Waals surface area (Å²) in [5.74, 6) is -0.224. The maximum atomic E-state index is 12.0. The average Bonchev–Trinajstić information content (AvgIpc) is 2.46. The Kier molecular flexibility index (Phi) is 4.73. The third-order valence-corrected chi connectivity index (χ3v) is 4.39. The molecule has 0 radical (unpaired) electrons. The molecule has 108 valence electrons. The van der Waals surface area contributed by atoms with Gasteiger partial charge in [0.2, 0.25) is 0 Å². The van der Waals surface area contributed by atoms with E-state index in [0.717, 1.165) is 0 Å². The van der Waals surface area contributed by atoms with E-state index in [1.807, 2.05) is 0 Å². The van der Waals surface area contributed by atoms with E-state index in [4.69, 9.17) is 0 Å². The Morgan fingerprint density at radius 2 is 1.80 bits per heavy atom. The van der Waals surface area contributed by atoms with E-state index in [9.17, 15) is 18.9 Å². The van der Waals surface area contributed by atoms with Crippen LogP contribution in [-0.2, 0) is 15.6 Å². The van der Waals surface area contributed by atoms with E-state index in [2.05, 4.69) is 5.32 Å². The first kappa shape index (κ1) is 14.5. The highest BCUT2D eigenvalue weighted by Gasteiger charge is 2.26. The lowest BCUT2D eigenvalue weighted by molar-refractivity contribution is -0.139. The standard InChI is InChI=1S/C13H16N2O4S/c16-12(17)11(10-4-2-1-3-5-10)14-13(18)15-6-8-20(19)9-7-15/h1-5,11H,6-9H2,(H,14,18)(H,16,17)/t11-/m1/s1. The number of carboxylic acid groups (broad SMARTS) is 1. The Balaban J connectivity index is 2.03. The summed E-state index contributed by atoms with van der Waals surface area (Å²) >= 11 is 0. The van der Waals surface area contributed by atoms with Gasteiger partial charge in [0.25, 0.3) is 0 Å². The van der Waals surface area contributed by atoms with Crippen LogP contribution in [-0.4, -0.2) is 50.8 Å². The highest BCUT2D eigenvalue weighted by molar-refractivity contribution is 7.85. The van der Waals surface area contributed by atoms with Gasteiger partial charge in [0.15, 0.2) is 6.04 Å². The quantitative estimate of drug-likeness (QED) is 0.854. The topological polar surface area (TPSA) is 86.7 Å². The molecule has 0 aromatic heterocycles. The molecule has 1 fully saturated rings. The number of hydrogen-bond donors (Lipinski definition) is 2. The zero-order chi connectivity index (χ0) is 14.5. The molecule has 0 bridgehead atoms. The van der Waals surface area contributed by atoms with Gasteiger partial charge >= 0.3 is 12.0 Å². The van der Waals surface area contributed by atoms with Crippen LogP contribution in [0.2, 0.25) is 0 Å². The molecular weight excluding hydrogens is 280 g/mol. The number of carboxylic acids is 1. The summed E-state index contributed by atoms with van der Waals surface area (Å²) in [5, 5.41) is 11.7. The third kappa shape index (κ3) is 3.57. The van der Waals surface area contributed by atoms with Gasteiger partial charge in [-0.1, -0.05) is 30.3 Å². The second-order valence-electron chi connectivity index (χ2n) is 4.47. The minimum Gasteiger partial charge on any atom is -0.479 e. The zero-order valence-corrected chi connectivity index (χ0v) is 11.6. The molecule has 20 heavy (non-hydrogen) atoms. The maximum Gasteiger partial charge on any atom is 0.330 e. The van der Waals surface area contributed by atoms with Crippen LogP contribution in [0.4, 0.5) is 4.79 Å². The number of carbonyl (C=O) groups is 2. The molecule has 2 amide bonds. The number of nitrogens with zero attached hydrogens (tertiary/aromatic N) is 1. The lowest BCUT2D eigenvalue weighted by Gasteiger charge is -2.28. The molecule has 7 heteroatoms. The molecule has 2 rings (SSSR count). The zero-order valence-electron chi connectivity index (χ0n) is 10.8. The molecule has 0 saturated carbocycles. The van der Waals surface area contributed by atoms with Crippen molar-refractivity contribution in [1.82, 2.24) is 10.2 Å². The highest BCUT2D eigenvalue weighted by atomic mass is 32.2. The minimum absolute atomic E-state index is 0.388. The molecule has 1 aliphatic heterocycles. The van der Waals surface area contributed by atoms with E-state index in [-0.39, 0.29) is 0 Å². The number of rotatable bonds is 3. The fourth-order valence-electron chi connectivity index (χ4n) is 1.99. The molecule has 0 aliphatic carbocycles. The van der Waals surface area contributed by atoms with E-state index in [1.165, 1.54) is 4.90 Å². The van der Waals surface area contributed by atoms with Gasteiger partial charge in [0.05, 0.1) is 0 Å². The predicted molar refractivity (Wildman–Crippen MR) is 74.8 cm³/mol. The molecule has 1 saturated heterocycles. The van der Waals surface area contributed by atoms with E-state index in [0.29, 0.717) is 30.2 Å². The number of amides is 2. The number of benzene rings is 1. The first-order valence-electron chi connectivity index (χ1n) is 6.26. The van der Waals surface area contributed by atoms with Gasteiger partial charge in [-0.2, -0.15) is 0 Å². The van der Waals surface area contributed by atoms with Crippen LogP contribution in [0.25, 0.3) is 0 Å². The summed E-state index contributed by atoms with van der Waals surface area (Å²) in [6.45, 7) is 0.777. The summed E-state index contributed by atoms with van der Waals surface area (Å²) < 4.78 is 11.2. The lowest BCUT2D eigenvalue weighted by atomic mass is 10.1. The fraction of sp³-hybridized carbons (Fsp3) is 0.385. The predicted octanol–water partition coefficient (Wildman–Crippen LogP) is 0.586. The van der Waals surface area contributed by atoms with Crippen molar-refractivity contribution in [3.05, 3.63) is 35.9 Å². The van der Waals surface area contributed by atoms with Crippen LogP contribution in [0, 0.1) is 0 Å². The van der Waals surface area contributed by atoms with Crippen molar-refractivity contribution >= 4 is 22.8 Å². The highest BCUT2D eigenvalue weighted by Crippen LogP contribution is 2.13. The number of aliphatic carboxylic acids is 1. The summed E-state index contributed by atoms with van der Waals surface area (Å²) in [7, 11) is -0.873. The summed E-state index contributed by atoms with van der Waals surface area (Å²) in [5.41, 5.74) is 0.522. The van der Waals surface area contributed by atoms with Crippen molar-refractivity contribution < 1.29 is 18.9 Å². The van der Waals surface area contributed by atoms with E-state index < -0.39 is 28.8 Å². The van der Waals surface area contributed by atoms with Crippen molar-refractivity contribution in [2.24, 2.45) is 0 Å². The Hall–Kier alpha value is -1.89. The van der Waals surface area contributed by atoms with Crippen molar-refractivity contribution in [2.45, 2.75) is 6.04 Å². The van der Waals surface area contributed by atoms with Crippen LogP contribution in [0.15, 0.2) is 30.3 Å². The van der Waals surface area contributed by atoms with Crippen molar-refractivity contribution in [3.63, 3.8) is 0 Å². The van der Waals surface area contributed by atoms with Crippen molar-refractivity contribution in [2.75, 3.05) is 24.6 Å². The number of hydrogen-bond acceptors (Lipinski definition) is 3.